The van der Waals surface area contributed by atoms with Crippen LogP contribution in [-0.4, -0.2) is 23.5 Å². The summed E-state index contributed by atoms with van der Waals surface area (Å²) in [7, 11) is -3.72. The molecule has 0 aliphatic heterocycles. The zero-order valence-electron chi connectivity index (χ0n) is 8.90. The van der Waals surface area contributed by atoms with Gasteiger partial charge in [-0.05, 0) is 12.1 Å². The first kappa shape index (κ1) is 12.0. The molecule has 1 aromatic heterocycles. The molecule has 18 heavy (non-hydrogen) atoms. The van der Waals surface area contributed by atoms with Crippen LogP contribution in [0.2, 0.25) is 0 Å². The molecule has 2 N–H and O–H groups in total. The molecule has 0 unspecified atom stereocenters. The fraction of sp³-hybridized carbons (Fsp3) is 0. The van der Waals surface area contributed by atoms with Gasteiger partial charge in [0.05, 0.1) is 11.1 Å². The van der Waals surface area contributed by atoms with Crippen molar-refractivity contribution in [3.8, 4) is 0 Å². The Labute approximate surface area is 102 Å². The maximum atomic E-state index is 11.8. The maximum Gasteiger partial charge on any atom is 0.269 e. The van der Waals surface area contributed by atoms with Crippen molar-refractivity contribution in [1.29, 1.82) is 0 Å². The lowest BCUT2D eigenvalue weighted by Gasteiger charge is -2.05. The summed E-state index contributed by atoms with van der Waals surface area (Å²) < 4.78 is 25.8. The van der Waals surface area contributed by atoms with Crippen molar-refractivity contribution < 1.29 is 13.3 Å². The zero-order valence-corrected chi connectivity index (χ0v) is 9.72. The van der Waals surface area contributed by atoms with E-state index in [0.29, 0.717) is 0 Å². The van der Waals surface area contributed by atoms with E-state index in [1.807, 2.05) is 0 Å². The van der Waals surface area contributed by atoms with E-state index in [4.69, 9.17) is 0 Å². The van der Waals surface area contributed by atoms with Crippen LogP contribution < -0.4 is 4.72 Å². The number of H-pyrrole nitrogens is 1. The Morgan fingerprint density at radius 2 is 1.94 bits per heavy atom. The monoisotopic (exact) mass is 268 g/mol. The summed E-state index contributed by atoms with van der Waals surface area (Å²) in [5.74, 6) is 0. The Bertz CT molecular complexity index is 648. The molecule has 1 heterocycles. The van der Waals surface area contributed by atoms with Crippen molar-refractivity contribution in [2.24, 2.45) is 0 Å². The van der Waals surface area contributed by atoms with Gasteiger partial charge in [-0.3, -0.25) is 19.9 Å². The second-order valence-electron chi connectivity index (χ2n) is 3.34. The second-order valence-corrected chi connectivity index (χ2v) is 5.03. The number of aromatic amines is 1. The number of hydrogen-bond acceptors (Lipinski definition) is 5. The summed E-state index contributed by atoms with van der Waals surface area (Å²) in [6.45, 7) is 0. The van der Waals surface area contributed by atoms with E-state index in [9.17, 15) is 18.5 Å². The van der Waals surface area contributed by atoms with Crippen LogP contribution in [0.5, 0.6) is 0 Å². The number of nitro benzene ring substituents is 1. The van der Waals surface area contributed by atoms with Gasteiger partial charge in [-0.15, -0.1) is 0 Å². The van der Waals surface area contributed by atoms with E-state index in [2.05, 4.69) is 14.9 Å². The Morgan fingerprint density at radius 3 is 2.44 bits per heavy atom. The van der Waals surface area contributed by atoms with Gasteiger partial charge in [-0.1, -0.05) is 0 Å². The van der Waals surface area contributed by atoms with Crippen molar-refractivity contribution in [3.63, 3.8) is 0 Å². The van der Waals surface area contributed by atoms with Gasteiger partial charge < -0.3 is 0 Å². The molecule has 0 bridgehead atoms. The highest BCUT2D eigenvalue weighted by atomic mass is 32.2. The van der Waals surface area contributed by atoms with Gasteiger partial charge in [-0.25, -0.2) is 8.42 Å². The maximum absolute atomic E-state index is 11.8. The lowest BCUT2D eigenvalue weighted by atomic mass is 10.3. The first-order valence-corrected chi connectivity index (χ1v) is 6.23. The van der Waals surface area contributed by atoms with E-state index in [-0.39, 0.29) is 16.3 Å². The summed E-state index contributed by atoms with van der Waals surface area (Å²) in [5, 5.41) is 16.4. The smallest absolute Gasteiger partial charge is 0.269 e. The quantitative estimate of drug-likeness (QED) is 0.636. The third kappa shape index (κ3) is 2.46. The Kier molecular flexibility index (Phi) is 2.98. The molecule has 1 aromatic carbocycles. The molecule has 0 saturated heterocycles. The van der Waals surface area contributed by atoms with Crippen LogP contribution >= 0.6 is 0 Å². The minimum absolute atomic E-state index is 0.0131. The highest BCUT2D eigenvalue weighted by molar-refractivity contribution is 7.92. The number of anilines is 1. The molecule has 0 radical (unpaired) electrons. The minimum Gasteiger partial charge on any atom is -0.284 e. The lowest BCUT2D eigenvalue weighted by molar-refractivity contribution is -0.384. The van der Waals surface area contributed by atoms with Crippen LogP contribution in [0, 0.1) is 10.1 Å². The minimum atomic E-state index is -3.72. The van der Waals surface area contributed by atoms with Gasteiger partial charge in [0, 0.05) is 24.0 Å². The van der Waals surface area contributed by atoms with Crippen molar-refractivity contribution in [2.45, 2.75) is 4.90 Å². The normalized spacial score (nSPS) is 11.1. The van der Waals surface area contributed by atoms with Crippen LogP contribution in [0.15, 0.2) is 41.6 Å². The largest absolute Gasteiger partial charge is 0.284 e. The van der Waals surface area contributed by atoms with Crippen LogP contribution in [0.25, 0.3) is 0 Å². The molecular weight excluding hydrogens is 260 g/mol. The van der Waals surface area contributed by atoms with E-state index in [1.165, 1.54) is 30.5 Å². The first-order valence-electron chi connectivity index (χ1n) is 4.75. The highest BCUT2D eigenvalue weighted by Crippen LogP contribution is 2.18. The number of nitro groups is 1. The van der Waals surface area contributed by atoms with Crippen molar-refractivity contribution in [1.82, 2.24) is 10.2 Å². The Balaban J connectivity index is 2.22. The number of sulfonamides is 1. The molecule has 0 fully saturated rings. The topological polar surface area (TPSA) is 118 Å². The van der Waals surface area contributed by atoms with Crippen LogP contribution in [-0.2, 0) is 10.0 Å². The van der Waals surface area contributed by atoms with E-state index >= 15 is 0 Å². The number of benzene rings is 1. The molecule has 0 spiro atoms. The molecule has 8 nitrogen and oxygen atoms in total. The molecule has 94 valence electrons. The number of aromatic nitrogens is 2. The van der Waals surface area contributed by atoms with E-state index in [0.717, 1.165) is 6.20 Å². The summed E-state index contributed by atoms with van der Waals surface area (Å²) in [6.07, 6.45) is 2.39. The third-order valence-corrected chi connectivity index (χ3v) is 3.46. The van der Waals surface area contributed by atoms with Crippen molar-refractivity contribution in [3.05, 3.63) is 46.8 Å². The van der Waals surface area contributed by atoms with Gasteiger partial charge in [-0.2, -0.15) is 5.10 Å². The summed E-state index contributed by atoms with van der Waals surface area (Å²) >= 11 is 0. The van der Waals surface area contributed by atoms with E-state index < -0.39 is 14.9 Å². The molecule has 2 aromatic rings. The van der Waals surface area contributed by atoms with Gasteiger partial charge in [0.15, 0.2) is 0 Å². The second kappa shape index (κ2) is 4.45. The van der Waals surface area contributed by atoms with Gasteiger partial charge in [0.1, 0.15) is 4.90 Å². The molecule has 0 aliphatic carbocycles. The number of hydrogen-bond donors (Lipinski definition) is 2. The van der Waals surface area contributed by atoms with Gasteiger partial charge in [0.25, 0.3) is 15.7 Å². The standard InChI is InChI=1S/C9H8N4O4S/c14-13(15)8-3-1-7(2-4-8)12-18(16,17)9-5-10-11-6-9/h1-6,12H,(H,10,11). The number of nitrogens with zero attached hydrogens (tertiary/aromatic N) is 2. The summed E-state index contributed by atoms with van der Waals surface area (Å²) in [5.41, 5.74) is 0.128. The molecule has 0 amide bonds. The fourth-order valence-corrected chi connectivity index (χ4v) is 2.21. The molecule has 9 heteroatoms. The first-order chi connectivity index (χ1) is 8.49. The predicted molar refractivity (Wildman–Crippen MR) is 62.5 cm³/mol. The SMILES string of the molecule is O=[N+]([O-])c1ccc(NS(=O)(=O)c2cn[nH]c2)cc1. The van der Waals surface area contributed by atoms with Crippen LogP contribution in [0.4, 0.5) is 11.4 Å². The van der Waals surface area contributed by atoms with Crippen molar-refractivity contribution in [2.75, 3.05) is 4.72 Å². The molecule has 0 atom stereocenters. The Hall–Kier alpha value is -2.42. The lowest BCUT2D eigenvalue weighted by Crippen LogP contribution is -2.12. The molecular formula is C9H8N4O4S. The fourth-order valence-electron chi connectivity index (χ4n) is 1.25. The van der Waals surface area contributed by atoms with Crippen LogP contribution in [0.1, 0.15) is 0 Å². The number of nitrogens with one attached hydrogen (secondary N) is 2. The molecule has 0 saturated carbocycles. The van der Waals surface area contributed by atoms with Gasteiger partial charge in [0.2, 0.25) is 0 Å². The molecule has 0 aliphatic rings. The predicted octanol–water partition coefficient (Wildman–Crippen LogP) is 1.12. The summed E-state index contributed by atoms with van der Waals surface area (Å²) in [6, 6.07) is 5.06. The Morgan fingerprint density at radius 1 is 1.28 bits per heavy atom. The van der Waals surface area contributed by atoms with Crippen LogP contribution in [0.3, 0.4) is 0 Å². The number of rotatable bonds is 4. The summed E-state index contributed by atoms with van der Waals surface area (Å²) in [4.78, 5) is 9.86. The van der Waals surface area contributed by atoms with Gasteiger partial charge >= 0.3 is 0 Å². The molecule has 2 rings (SSSR count). The number of non-ortho nitro benzene ring substituents is 1. The van der Waals surface area contributed by atoms with E-state index in [1.54, 1.807) is 0 Å². The highest BCUT2D eigenvalue weighted by Gasteiger charge is 2.15. The van der Waals surface area contributed by atoms with Crippen molar-refractivity contribution >= 4 is 21.4 Å². The average molecular weight is 268 g/mol. The third-order valence-electron chi connectivity index (χ3n) is 2.11. The zero-order chi connectivity index (χ0) is 13.2. The average Bonchev–Trinajstić information content (AvgIpc) is 2.83.